The highest BCUT2D eigenvalue weighted by Crippen LogP contribution is 2.21. The van der Waals surface area contributed by atoms with E-state index in [0.29, 0.717) is 26.4 Å². The van der Waals surface area contributed by atoms with Gasteiger partial charge in [-0.05, 0) is 38.9 Å². The molecule has 7 nitrogen and oxygen atoms in total. The van der Waals surface area contributed by atoms with E-state index in [2.05, 4.69) is 59.4 Å². The van der Waals surface area contributed by atoms with E-state index in [-0.39, 0.29) is 0 Å². The fourth-order valence-electron chi connectivity index (χ4n) is 3.45. The molecule has 0 saturated carbocycles. The molecule has 0 atom stereocenters. The van der Waals surface area contributed by atoms with Crippen LogP contribution >= 0.6 is 0 Å². The van der Waals surface area contributed by atoms with E-state index in [4.69, 9.17) is 14.5 Å². The molecule has 1 aromatic rings. The molecule has 1 heterocycles. The molecule has 0 aliphatic carbocycles. The summed E-state index contributed by atoms with van der Waals surface area (Å²) in [5, 5.41) is 6.83. The summed E-state index contributed by atoms with van der Waals surface area (Å²) < 4.78 is 11.3. The molecule has 0 spiro atoms. The highest BCUT2D eigenvalue weighted by atomic mass is 16.5. The van der Waals surface area contributed by atoms with Crippen molar-refractivity contribution >= 4 is 5.96 Å². The number of guanidine groups is 1. The van der Waals surface area contributed by atoms with Crippen molar-refractivity contribution in [1.82, 2.24) is 20.4 Å². The van der Waals surface area contributed by atoms with Crippen molar-refractivity contribution in [3.63, 3.8) is 0 Å². The fraction of sp³-hybridized carbons (Fsp3) is 0.696. The number of hydrogen-bond donors (Lipinski definition) is 2. The molecule has 30 heavy (non-hydrogen) atoms. The molecule has 2 N–H and O–H groups in total. The van der Waals surface area contributed by atoms with Gasteiger partial charge in [-0.1, -0.05) is 19.1 Å². The minimum absolute atomic E-state index is 0.553. The van der Waals surface area contributed by atoms with Crippen LogP contribution in [0.4, 0.5) is 0 Å². The van der Waals surface area contributed by atoms with Crippen LogP contribution in [0.1, 0.15) is 31.9 Å². The summed E-state index contributed by atoms with van der Waals surface area (Å²) in [4.78, 5) is 9.81. The van der Waals surface area contributed by atoms with E-state index in [1.807, 2.05) is 6.92 Å². The van der Waals surface area contributed by atoms with Crippen LogP contribution in [-0.4, -0.2) is 87.9 Å². The summed E-state index contributed by atoms with van der Waals surface area (Å²) in [5.74, 6) is 1.74. The molecule has 0 bridgehead atoms. The maximum atomic E-state index is 5.94. The molecule has 1 saturated heterocycles. The van der Waals surface area contributed by atoms with Gasteiger partial charge in [-0.25, -0.2) is 4.99 Å². The number of hydrogen-bond acceptors (Lipinski definition) is 5. The Kier molecular flexibility index (Phi) is 11.6. The zero-order valence-corrected chi connectivity index (χ0v) is 19.4. The molecule has 0 amide bonds. The summed E-state index contributed by atoms with van der Waals surface area (Å²) in [7, 11) is 0. The second-order valence-corrected chi connectivity index (χ2v) is 7.55. The summed E-state index contributed by atoms with van der Waals surface area (Å²) in [6.07, 6.45) is 0. The standard InChI is InChI=1S/C23H41N5O2/c1-5-24-23(25-10-11-28-14-12-27(6-2)13-15-28)26-19-21-9-8-20(4)18-22(21)30-17-16-29-7-3/h8-9,18H,5-7,10-17,19H2,1-4H3,(H2,24,25,26). The minimum atomic E-state index is 0.553. The SMILES string of the molecule is CCNC(=NCc1ccc(C)cc1OCCOCC)NCCN1CCN(CC)CC1. The Hall–Kier alpha value is -1.83. The fourth-order valence-corrected chi connectivity index (χ4v) is 3.45. The lowest BCUT2D eigenvalue weighted by atomic mass is 10.1. The molecule has 1 aliphatic heterocycles. The van der Waals surface area contributed by atoms with Gasteiger partial charge in [0.1, 0.15) is 12.4 Å². The Morgan fingerprint density at radius 3 is 2.50 bits per heavy atom. The van der Waals surface area contributed by atoms with Crippen molar-refractivity contribution in [3.8, 4) is 5.75 Å². The van der Waals surface area contributed by atoms with Crippen LogP contribution in [0.25, 0.3) is 0 Å². The minimum Gasteiger partial charge on any atom is -0.491 e. The van der Waals surface area contributed by atoms with Gasteiger partial charge in [-0.15, -0.1) is 0 Å². The number of nitrogens with one attached hydrogen (secondary N) is 2. The third-order valence-corrected chi connectivity index (χ3v) is 5.30. The molecule has 1 aliphatic rings. The molecular weight excluding hydrogens is 378 g/mol. The first-order chi connectivity index (χ1) is 14.7. The number of piperazine rings is 1. The lowest BCUT2D eigenvalue weighted by Crippen LogP contribution is -2.49. The molecule has 2 rings (SSSR count). The van der Waals surface area contributed by atoms with Gasteiger partial charge in [0.25, 0.3) is 0 Å². The van der Waals surface area contributed by atoms with Gasteiger partial charge < -0.3 is 25.0 Å². The molecule has 1 aromatic carbocycles. The molecule has 0 unspecified atom stereocenters. The second-order valence-electron chi connectivity index (χ2n) is 7.55. The number of aryl methyl sites for hydroxylation is 1. The largest absolute Gasteiger partial charge is 0.491 e. The first-order valence-electron chi connectivity index (χ1n) is 11.4. The van der Waals surface area contributed by atoms with E-state index in [0.717, 1.165) is 56.5 Å². The first kappa shape index (κ1) is 24.4. The molecular formula is C23H41N5O2. The lowest BCUT2D eigenvalue weighted by Gasteiger charge is -2.34. The van der Waals surface area contributed by atoms with Crippen molar-refractivity contribution < 1.29 is 9.47 Å². The number of benzene rings is 1. The zero-order valence-electron chi connectivity index (χ0n) is 19.4. The zero-order chi connectivity index (χ0) is 21.6. The maximum Gasteiger partial charge on any atom is 0.191 e. The molecule has 0 radical (unpaired) electrons. The Morgan fingerprint density at radius 2 is 1.80 bits per heavy atom. The highest BCUT2D eigenvalue weighted by Gasteiger charge is 2.14. The van der Waals surface area contributed by atoms with Gasteiger partial charge >= 0.3 is 0 Å². The van der Waals surface area contributed by atoms with Gasteiger partial charge in [0.15, 0.2) is 5.96 Å². The molecule has 0 aromatic heterocycles. The normalized spacial score (nSPS) is 15.9. The Balaban J connectivity index is 1.86. The van der Waals surface area contributed by atoms with Gasteiger partial charge in [-0.3, -0.25) is 4.90 Å². The van der Waals surface area contributed by atoms with Gasteiger partial charge in [0, 0.05) is 58.0 Å². The van der Waals surface area contributed by atoms with Crippen molar-refractivity contribution in [3.05, 3.63) is 29.3 Å². The van der Waals surface area contributed by atoms with Crippen molar-refractivity contribution in [2.45, 2.75) is 34.2 Å². The van der Waals surface area contributed by atoms with Crippen LogP contribution in [0.2, 0.25) is 0 Å². The Morgan fingerprint density at radius 1 is 1.03 bits per heavy atom. The molecule has 1 fully saturated rings. The smallest absolute Gasteiger partial charge is 0.191 e. The van der Waals surface area contributed by atoms with E-state index >= 15 is 0 Å². The maximum absolute atomic E-state index is 5.94. The predicted octanol–water partition coefficient (Wildman–Crippen LogP) is 2.10. The number of nitrogens with zero attached hydrogens (tertiary/aromatic N) is 3. The molecule has 170 valence electrons. The number of ether oxygens (including phenoxy) is 2. The topological polar surface area (TPSA) is 61.4 Å². The summed E-state index contributed by atoms with van der Waals surface area (Å²) in [6.45, 7) is 19.4. The number of likely N-dealkylation sites (N-methyl/N-ethyl adjacent to an activating group) is 1. The van der Waals surface area contributed by atoms with E-state index < -0.39 is 0 Å². The van der Waals surface area contributed by atoms with Crippen LogP contribution in [0, 0.1) is 6.92 Å². The summed E-state index contributed by atoms with van der Waals surface area (Å²) >= 11 is 0. The average molecular weight is 420 g/mol. The Bertz CT molecular complexity index is 630. The van der Waals surface area contributed by atoms with E-state index in [1.54, 1.807) is 0 Å². The van der Waals surface area contributed by atoms with Crippen molar-refractivity contribution in [1.29, 1.82) is 0 Å². The van der Waals surface area contributed by atoms with E-state index in [1.165, 1.54) is 18.7 Å². The van der Waals surface area contributed by atoms with Crippen LogP contribution in [0.3, 0.4) is 0 Å². The van der Waals surface area contributed by atoms with E-state index in [9.17, 15) is 0 Å². The Labute approximate surface area is 182 Å². The number of aliphatic imine (C=N–C) groups is 1. The average Bonchev–Trinajstić information content (AvgIpc) is 2.76. The van der Waals surface area contributed by atoms with Crippen molar-refractivity contribution in [2.24, 2.45) is 4.99 Å². The highest BCUT2D eigenvalue weighted by molar-refractivity contribution is 5.79. The van der Waals surface area contributed by atoms with Crippen LogP contribution < -0.4 is 15.4 Å². The van der Waals surface area contributed by atoms with Gasteiger partial charge in [-0.2, -0.15) is 0 Å². The molecule has 7 heteroatoms. The number of rotatable bonds is 12. The van der Waals surface area contributed by atoms with Gasteiger partial charge in [0.05, 0.1) is 13.2 Å². The first-order valence-corrected chi connectivity index (χ1v) is 11.4. The lowest BCUT2D eigenvalue weighted by molar-refractivity contribution is 0.110. The predicted molar refractivity (Wildman–Crippen MR) is 125 cm³/mol. The quantitative estimate of drug-likeness (QED) is 0.307. The second kappa shape index (κ2) is 14.2. The van der Waals surface area contributed by atoms with Gasteiger partial charge in [0.2, 0.25) is 0 Å². The summed E-state index contributed by atoms with van der Waals surface area (Å²) in [6, 6.07) is 6.29. The summed E-state index contributed by atoms with van der Waals surface area (Å²) in [5.41, 5.74) is 2.27. The van der Waals surface area contributed by atoms with Crippen LogP contribution in [-0.2, 0) is 11.3 Å². The van der Waals surface area contributed by atoms with Crippen LogP contribution in [0.15, 0.2) is 23.2 Å². The van der Waals surface area contributed by atoms with Crippen LogP contribution in [0.5, 0.6) is 5.75 Å². The van der Waals surface area contributed by atoms with Crippen molar-refractivity contribution in [2.75, 3.05) is 72.2 Å². The third kappa shape index (κ3) is 8.90. The third-order valence-electron chi connectivity index (χ3n) is 5.30. The monoisotopic (exact) mass is 419 g/mol.